The number of hydrogen-bond donors (Lipinski definition) is 1. The van der Waals surface area contributed by atoms with Crippen molar-refractivity contribution in [2.75, 3.05) is 11.4 Å². The van der Waals surface area contributed by atoms with Crippen molar-refractivity contribution in [1.82, 2.24) is 5.32 Å². The highest BCUT2D eigenvalue weighted by Gasteiger charge is 2.45. The molecule has 2 amide bonds. The Morgan fingerprint density at radius 2 is 1.85 bits per heavy atom. The topological polar surface area (TPSA) is 49.4 Å². The maximum absolute atomic E-state index is 14.9. The molecule has 2 aliphatic heterocycles. The van der Waals surface area contributed by atoms with E-state index in [1.807, 2.05) is 12.1 Å². The lowest BCUT2D eigenvalue weighted by atomic mass is 9.79. The van der Waals surface area contributed by atoms with E-state index < -0.39 is 12.0 Å². The van der Waals surface area contributed by atoms with E-state index in [2.05, 4.69) is 5.32 Å². The number of nitrogens with one attached hydrogen (secondary N) is 1. The lowest BCUT2D eigenvalue weighted by Gasteiger charge is -2.42. The number of benzene rings is 1. The second-order valence-corrected chi connectivity index (χ2v) is 7.69. The second kappa shape index (κ2) is 6.63. The molecule has 0 spiro atoms. The van der Waals surface area contributed by atoms with Crippen LogP contribution in [0.2, 0.25) is 0 Å². The van der Waals surface area contributed by atoms with E-state index in [0.717, 1.165) is 31.2 Å². The van der Waals surface area contributed by atoms with Crippen molar-refractivity contribution in [3.05, 3.63) is 29.3 Å². The minimum absolute atomic E-state index is 0.114. The van der Waals surface area contributed by atoms with Gasteiger partial charge in [0.25, 0.3) is 5.92 Å². The molecule has 26 heavy (non-hydrogen) atoms. The molecule has 4 nitrogen and oxygen atoms in total. The fraction of sp³-hybridized carbons (Fsp3) is 0.600. The zero-order valence-electron chi connectivity index (χ0n) is 14.8. The average Bonchev–Trinajstić information content (AvgIpc) is 2.63. The standard InChI is InChI=1S/C20H24F2N2O2/c21-20(22)11-12-24(16-9-10-17(25)23-19(16)26)15-8-4-7-14(18(15)20)13-5-2-1-3-6-13/h4,7-8,13,16H,1-3,5-6,9-12H2,(H,23,25,26). The molecule has 1 saturated heterocycles. The maximum Gasteiger partial charge on any atom is 0.277 e. The Kier molecular flexibility index (Phi) is 4.45. The number of rotatable bonds is 2. The summed E-state index contributed by atoms with van der Waals surface area (Å²) in [5.74, 6) is -3.36. The maximum atomic E-state index is 14.9. The van der Waals surface area contributed by atoms with Crippen molar-refractivity contribution >= 4 is 17.5 Å². The molecular weight excluding hydrogens is 338 g/mol. The minimum Gasteiger partial charge on any atom is -0.359 e. The first-order valence-corrected chi connectivity index (χ1v) is 9.59. The monoisotopic (exact) mass is 362 g/mol. The number of piperidine rings is 1. The number of amides is 2. The predicted molar refractivity (Wildman–Crippen MR) is 94.3 cm³/mol. The molecule has 3 aliphatic rings. The number of fused-ring (bicyclic) bond motifs is 1. The molecule has 0 bridgehead atoms. The highest BCUT2D eigenvalue weighted by molar-refractivity contribution is 6.01. The van der Waals surface area contributed by atoms with E-state index in [9.17, 15) is 18.4 Å². The summed E-state index contributed by atoms with van der Waals surface area (Å²) in [6.45, 7) is 0.125. The third-order valence-electron chi connectivity index (χ3n) is 6.05. The molecule has 1 aromatic rings. The first-order valence-electron chi connectivity index (χ1n) is 9.59. The molecule has 6 heteroatoms. The van der Waals surface area contributed by atoms with Crippen molar-refractivity contribution in [3.8, 4) is 0 Å². The summed E-state index contributed by atoms with van der Waals surface area (Å²) in [5, 5.41) is 2.35. The van der Waals surface area contributed by atoms with E-state index in [0.29, 0.717) is 12.1 Å². The molecule has 1 saturated carbocycles. The number of carbonyl (C=O) groups excluding carboxylic acids is 2. The molecule has 1 atom stereocenters. The van der Waals surface area contributed by atoms with Crippen LogP contribution in [0.15, 0.2) is 18.2 Å². The fourth-order valence-corrected chi connectivity index (χ4v) is 4.76. The first kappa shape index (κ1) is 17.4. The summed E-state index contributed by atoms with van der Waals surface area (Å²) in [6, 6.07) is 4.84. The summed E-state index contributed by atoms with van der Waals surface area (Å²) < 4.78 is 29.9. The van der Waals surface area contributed by atoms with Gasteiger partial charge in [-0.05, 0) is 36.8 Å². The van der Waals surface area contributed by atoms with Crippen LogP contribution >= 0.6 is 0 Å². The SMILES string of the molecule is O=C1CCC(N2CCC(F)(F)c3c(C4CCCCC4)cccc32)C(=O)N1. The summed E-state index contributed by atoms with van der Waals surface area (Å²) >= 11 is 0. The molecule has 1 N–H and O–H groups in total. The van der Waals surface area contributed by atoms with Crippen molar-refractivity contribution < 1.29 is 18.4 Å². The van der Waals surface area contributed by atoms with Gasteiger partial charge in [0.15, 0.2) is 0 Å². The molecule has 2 heterocycles. The van der Waals surface area contributed by atoms with Crippen molar-refractivity contribution in [2.24, 2.45) is 0 Å². The molecule has 2 fully saturated rings. The zero-order valence-corrected chi connectivity index (χ0v) is 14.8. The van der Waals surface area contributed by atoms with Gasteiger partial charge in [-0.15, -0.1) is 0 Å². The third kappa shape index (κ3) is 2.99. The average molecular weight is 362 g/mol. The van der Waals surface area contributed by atoms with Crippen LogP contribution in [0.25, 0.3) is 0 Å². The van der Waals surface area contributed by atoms with Gasteiger partial charge in [0, 0.05) is 30.6 Å². The van der Waals surface area contributed by atoms with Gasteiger partial charge >= 0.3 is 0 Å². The zero-order chi connectivity index (χ0) is 18.3. The Labute approximate surface area is 151 Å². The van der Waals surface area contributed by atoms with Gasteiger partial charge in [0.2, 0.25) is 11.8 Å². The van der Waals surface area contributed by atoms with E-state index in [1.54, 1.807) is 11.0 Å². The van der Waals surface area contributed by atoms with Crippen LogP contribution in [0.5, 0.6) is 0 Å². The molecular formula is C20H24F2N2O2. The lowest BCUT2D eigenvalue weighted by Crippen LogP contribution is -2.55. The van der Waals surface area contributed by atoms with Gasteiger partial charge in [-0.25, -0.2) is 8.78 Å². The Morgan fingerprint density at radius 1 is 1.08 bits per heavy atom. The molecule has 0 aromatic heterocycles. The normalized spacial score (nSPS) is 26.4. The molecule has 1 aromatic carbocycles. The largest absolute Gasteiger partial charge is 0.359 e. The molecule has 1 unspecified atom stereocenters. The molecule has 140 valence electrons. The van der Waals surface area contributed by atoms with Crippen LogP contribution < -0.4 is 10.2 Å². The second-order valence-electron chi connectivity index (χ2n) is 7.69. The van der Waals surface area contributed by atoms with E-state index >= 15 is 0 Å². The third-order valence-corrected chi connectivity index (χ3v) is 6.05. The van der Waals surface area contributed by atoms with E-state index in [-0.39, 0.29) is 42.7 Å². The van der Waals surface area contributed by atoms with Crippen molar-refractivity contribution in [1.29, 1.82) is 0 Å². The van der Waals surface area contributed by atoms with Gasteiger partial charge < -0.3 is 4.90 Å². The van der Waals surface area contributed by atoms with Crippen LogP contribution in [0.1, 0.15) is 68.4 Å². The van der Waals surface area contributed by atoms with Crippen molar-refractivity contribution in [2.45, 2.75) is 69.2 Å². The van der Waals surface area contributed by atoms with Gasteiger partial charge in [-0.2, -0.15) is 0 Å². The van der Waals surface area contributed by atoms with Gasteiger partial charge in [-0.3, -0.25) is 14.9 Å². The first-order chi connectivity index (χ1) is 12.5. The Balaban J connectivity index is 1.74. The highest BCUT2D eigenvalue weighted by atomic mass is 19.3. The number of hydrogen-bond acceptors (Lipinski definition) is 3. The summed E-state index contributed by atoms with van der Waals surface area (Å²) in [6.07, 6.45) is 5.57. The van der Waals surface area contributed by atoms with Crippen LogP contribution in [0, 0.1) is 0 Å². The Hall–Kier alpha value is -1.98. The number of alkyl halides is 2. The smallest absolute Gasteiger partial charge is 0.277 e. The highest BCUT2D eigenvalue weighted by Crippen LogP contribution is 2.49. The predicted octanol–water partition coefficient (Wildman–Crippen LogP) is 3.84. The van der Waals surface area contributed by atoms with E-state index in [4.69, 9.17) is 0 Å². The fourth-order valence-electron chi connectivity index (χ4n) is 4.76. The number of carbonyl (C=O) groups is 2. The van der Waals surface area contributed by atoms with Gasteiger partial charge in [0.05, 0.1) is 0 Å². The summed E-state index contributed by atoms with van der Waals surface area (Å²) in [4.78, 5) is 25.5. The minimum atomic E-state index is -2.87. The summed E-state index contributed by atoms with van der Waals surface area (Å²) in [5.41, 5.74) is 1.34. The van der Waals surface area contributed by atoms with Gasteiger partial charge in [-0.1, -0.05) is 31.4 Å². The molecule has 4 rings (SSSR count). The Morgan fingerprint density at radius 3 is 2.58 bits per heavy atom. The van der Waals surface area contributed by atoms with Crippen LogP contribution in [0.3, 0.4) is 0 Å². The quantitative estimate of drug-likeness (QED) is 0.813. The number of imide groups is 1. The van der Waals surface area contributed by atoms with Gasteiger partial charge in [0.1, 0.15) is 6.04 Å². The van der Waals surface area contributed by atoms with E-state index in [1.165, 1.54) is 6.42 Å². The Bertz CT molecular complexity index is 729. The summed E-state index contributed by atoms with van der Waals surface area (Å²) in [7, 11) is 0. The molecule has 0 radical (unpaired) electrons. The lowest BCUT2D eigenvalue weighted by molar-refractivity contribution is -0.134. The van der Waals surface area contributed by atoms with Crippen molar-refractivity contribution in [3.63, 3.8) is 0 Å². The van der Waals surface area contributed by atoms with Crippen LogP contribution in [0.4, 0.5) is 14.5 Å². The number of halogens is 2. The van der Waals surface area contributed by atoms with Crippen LogP contribution in [-0.2, 0) is 15.5 Å². The van der Waals surface area contributed by atoms with Crippen LogP contribution in [-0.4, -0.2) is 24.4 Å². The number of anilines is 1. The number of nitrogens with zero attached hydrogens (tertiary/aromatic N) is 1. The molecule has 1 aliphatic carbocycles.